The van der Waals surface area contributed by atoms with E-state index < -0.39 is 0 Å². The Balaban J connectivity index is 0.00000162. The first-order valence-electron chi connectivity index (χ1n) is 5.98. The van der Waals surface area contributed by atoms with Gasteiger partial charge in [0.25, 0.3) is 0 Å². The predicted octanol–water partition coefficient (Wildman–Crippen LogP) is 2.73. The lowest BCUT2D eigenvalue weighted by Crippen LogP contribution is -2.36. The second kappa shape index (κ2) is 8.15. The average Bonchev–Trinajstić information content (AvgIpc) is 2.90. The number of nitrogens with one attached hydrogen (secondary N) is 2. The van der Waals surface area contributed by atoms with E-state index in [1.54, 1.807) is 11.3 Å². The zero-order valence-electron chi connectivity index (χ0n) is 10.1. The first-order chi connectivity index (χ1) is 8.24. The molecule has 0 radical (unpaired) electrons. The molecule has 3 nitrogen and oxygen atoms in total. The molecule has 2 rings (SSSR count). The van der Waals surface area contributed by atoms with Crippen LogP contribution in [0.2, 0.25) is 0 Å². The van der Waals surface area contributed by atoms with Gasteiger partial charge >= 0.3 is 0 Å². The molecule has 0 saturated carbocycles. The molecule has 1 amide bonds. The van der Waals surface area contributed by atoms with Gasteiger partial charge in [-0.15, -0.1) is 23.7 Å². The molecule has 1 aromatic heterocycles. The van der Waals surface area contributed by atoms with Crippen molar-refractivity contribution in [3.63, 3.8) is 0 Å². The Hall–Kier alpha value is -0.100. The second-order valence-corrected chi connectivity index (χ2v) is 6.86. The van der Waals surface area contributed by atoms with E-state index in [4.69, 9.17) is 0 Å². The highest BCUT2D eigenvalue weighted by Crippen LogP contribution is 2.23. The maximum absolute atomic E-state index is 11.6. The minimum Gasteiger partial charge on any atom is -0.352 e. The number of aryl methyl sites for hydroxylation is 1. The molecule has 1 aliphatic rings. The molecule has 1 saturated heterocycles. The Bertz CT molecular complexity index is 380. The van der Waals surface area contributed by atoms with Crippen LogP contribution in [0.1, 0.15) is 24.1 Å². The summed E-state index contributed by atoms with van der Waals surface area (Å²) in [5.74, 6) is 0.189. The van der Waals surface area contributed by atoms with Gasteiger partial charge in [0.1, 0.15) is 0 Å². The second-order valence-electron chi connectivity index (χ2n) is 4.32. The van der Waals surface area contributed by atoms with Crippen LogP contribution in [0, 0.1) is 0 Å². The van der Waals surface area contributed by atoms with Gasteiger partial charge in [-0.3, -0.25) is 4.79 Å². The van der Waals surface area contributed by atoms with Gasteiger partial charge in [0.15, 0.2) is 0 Å². The van der Waals surface area contributed by atoms with Crippen LogP contribution in [0.25, 0.3) is 0 Å². The fraction of sp³-hybridized carbons (Fsp3) is 0.583. The van der Waals surface area contributed by atoms with Gasteiger partial charge < -0.3 is 10.6 Å². The quantitative estimate of drug-likeness (QED) is 0.854. The smallest absolute Gasteiger partial charge is 0.220 e. The largest absolute Gasteiger partial charge is 0.352 e. The third-order valence-corrected chi connectivity index (χ3v) is 4.56. The first kappa shape index (κ1) is 16.0. The van der Waals surface area contributed by atoms with Crippen molar-refractivity contribution in [2.75, 3.05) is 13.1 Å². The Labute approximate surface area is 126 Å². The topological polar surface area (TPSA) is 41.1 Å². The summed E-state index contributed by atoms with van der Waals surface area (Å²) in [5.41, 5.74) is 0. The Kier molecular flexibility index (Phi) is 7.22. The minimum atomic E-state index is 0. The molecule has 0 aromatic carbocycles. The van der Waals surface area contributed by atoms with Crippen LogP contribution in [-0.2, 0) is 11.2 Å². The molecule has 0 aliphatic carbocycles. The summed E-state index contributed by atoms with van der Waals surface area (Å²) in [4.78, 5) is 13.0. The SMILES string of the molecule is Cl.O=C(CCCc1ccc(Br)s1)NC1CCNC1. The zero-order valence-corrected chi connectivity index (χ0v) is 13.3. The molecule has 6 heteroatoms. The molecule has 0 bridgehead atoms. The summed E-state index contributed by atoms with van der Waals surface area (Å²) in [6.07, 6.45) is 3.61. The van der Waals surface area contributed by atoms with Crippen molar-refractivity contribution in [2.45, 2.75) is 31.7 Å². The fourth-order valence-corrected chi connectivity index (χ4v) is 3.51. The van der Waals surface area contributed by atoms with Crippen molar-refractivity contribution in [2.24, 2.45) is 0 Å². The van der Waals surface area contributed by atoms with Crippen LogP contribution in [0.3, 0.4) is 0 Å². The van der Waals surface area contributed by atoms with Crippen LogP contribution in [-0.4, -0.2) is 25.0 Å². The van der Waals surface area contributed by atoms with Crippen molar-refractivity contribution in [1.82, 2.24) is 10.6 Å². The van der Waals surface area contributed by atoms with Crippen molar-refractivity contribution in [1.29, 1.82) is 0 Å². The van der Waals surface area contributed by atoms with Crippen LogP contribution >= 0.6 is 39.7 Å². The van der Waals surface area contributed by atoms with Crippen molar-refractivity contribution >= 4 is 45.6 Å². The van der Waals surface area contributed by atoms with E-state index in [0.717, 1.165) is 36.1 Å². The van der Waals surface area contributed by atoms with Gasteiger partial charge in [-0.25, -0.2) is 0 Å². The van der Waals surface area contributed by atoms with E-state index in [0.29, 0.717) is 12.5 Å². The zero-order chi connectivity index (χ0) is 12.1. The maximum atomic E-state index is 11.6. The van der Waals surface area contributed by atoms with Gasteiger partial charge in [0, 0.05) is 23.9 Å². The lowest BCUT2D eigenvalue weighted by molar-refractivity contribution is -0.121. The van der Waals surface area contributed by atoms with Gasteiger partial charge in [0.05, 0.1) is 3.79 Å². The highest BCUT2D eigenvalue weighted by Gasteiger charge is 2.16. The molecule has 102 valence electrons. The summed E-state index contributed by atoms with van der Waals surface area (Å²) in [5, 5.41) is 6.31. The predicted molar refractivity (Wildman–Crippen MR) is 81.6 cm³/mol. The third-order valence-electron chi connectivity index (χ3n) is 2.88. The number of halogens is 2. The summed E-state index contributed by atoms with van der Waals surface area (Å²) >= 11 is 5.19. The number of rotatable bonds is 5. The Morgan fingerprint density at radius 3 is 3.00 bits per heavy atom. The molecule has 1 atom stereocenters. The molecule has 1 aromatic rings. The van der Waals surface area contributed by atoms with Gasteiger partial charge in [-0.05, 0) is 53.9 Å². The van der Waals surface area contributed by atoms with Crippen molar-refractivity contribution in [3.05, 3.63) is 20.8 Å². The lowest BCUT2D eigenvalue weighted by atomic mass is 10.2. The summed E-state index contributed by atoms with van der Waals surface area (Å²) in [7, 11) is 0. The molecule has 2 heterocycles. The molecule has 18 heavy (non-hydrogen) atoms. The average molecular weight is 354 g/mol. The Morgan fingerprint density at radius 2 is 2.39 bits per heavy atom. The van der Waals surface area contributed by atoms with Crippen molar-refractivity contribution in [3.8, 4) is 0 Å². The molecular weight excluding hydrogens is 336 g/mol. The van der Waals surface area contributed by atoms with E-state index in [-0.39, 0.29) is 18.3 Å². The lowest BCUT2D eigenvalue weighted by Gasteiger charge is -2.10. The summed E-state index contributed by atoms with van der Waals surface area (Å²) in [6, 6.07) is 4.52. The molecule has 2 N–H and O–H groups in total. The van der Waals surface area contributed by atoms with E-state index in [2.05, 4.69) is 38.7 Å². The number of hydrogen-bond acceptors (Lipinski definition) is 3. The minimum absolute atomic E-state index is 0. The summed E-state index contributed by atoms with van der Waals surface area (Å²) in [6.45, 7) is 1.94. The first-order valence-corrected chi connectivity index (χ1v) is 7.59. The fourth-order valence-electron chi connectivity index (χ4n) is 1.99. The number of carbonyl (C=O) groups excluding carboxylic acids is 1. The van der Waals surface area contributed by atoms with Gasteiger partial charge in [-0.1, -0.05) is 0 Å². The van der Waals surface area contributed by atoms with E-state index in [1.165, 1.54) is 4.88 Å². The van der Waals surface area contributed by atoms with Crippen LogP contribution in [0.4, 0.5) is 0 Å². The molecular formula is C12H18BrClN2OS. The van der Waals surface area contributed by atoms with E-state index >= 15 is 0 Å². The highest BCUT2D eigenvalue weighted by atomic mass is 79.9. The molecule has 1 aliphatic heterocycles. The van der Waals surface area contributed by atoms with Crippen LogP contribution in [0.15, 0.2) is 15.9 Å². The van der Waals surface area contributed by atoms with E-state index in [9.17, 15) is 4.79 Å². The van der Waals surface area contributed by atoms with Gasteiger partial charge in [-0.2, -0.15) is 0 Å². The highest BCUT2D eigenvalue weighted by molar-refractivity contribution is 9.11. The van der Waals surface area contributed by atoms with Crippen LogP contribution in [0.5, 0.6) is 0 Å². The monoisotopic (exact) mass is 352 g/mol. The molecule has 1 fully saturated rings. The van der Waals surface area contributed by atoms with Gasteiger partial charge in [0.2, 0.25) is 5.91 Å². The number of thiophene rings is 1. The Morgan fingerprint density at radius 1 is 1.56 bits per heavy atom. The molecule has 1 unspecified atom stereocenters. The number of hydrogen-bond donors (Lipinski definition) is 2. The standard InChI is InChI=1S/C12H17BrN2OS.ClH/c13-11-5-4-10(17-11)2-1-3-12(16)15-9-6-7-14-8-9;/h4-5,9,14H,1-3,6-8H2,(H,15,16);1H. The maximum Gasteiger partial charge on any atom is 0.220 e. The summed E-state index contributed by atoms with van der Waals surface area (Å²) < 4.78 is 1.16. The normalized spacial score (nSPS) is 18.4. The molecule has 0 spiro atoms. The number of amides is 1. The van der Waals surface area contributed by atoms with Crippen molar-refractivity contribution < 1.29 is 4.79 Å². The van der Waals surface area contributed by atoms with Crippen LogP contribution < -0.4 is 10.6 Å². The van der Waals surface area contributed by atoms with E-state index in [1.807, 2.05) is 0 Å². The number of carbonyl (C=O) groups is 1. The third kappa shape index (κ3) is 5.26.